The second-order valence-corrected chi connectivity index (χ2v) is 7.66. The van der Waals surface area contributed by atoms with Gasteiger partial charge in [0.1, 0.15) is 11.2 Å². The fourth-order valence-electron chi connectivity index (χ4n) is 2.01. The molecular weight excluding hydrogens is 324 g/mol. The summed E-state index contributed by atoms with van der Waals surface area (Å²) in [7, 11) is 0. The highest BCUT2D eigenvalue weighted by Gasteiger charge is 2.33. The molecule has 0 aromatic heterocycles. The average molecular weight is 352 g/mol. The highest BCUT2D eigenvalue weighted by molar-refractivity contribution is 6.10. The van der Waals surface area contributed by atoms with Crippen molar-refractivity contribution < 1.29 is 24.2 Å². The van der Waals surface area contributed by atoms with Gasteiger partial charge in [-0.1, -0.05) is 6.07 Å². The molecule has 0 aliphatic heterocycles. The van der Waals surface area contributed by atoms with Crippen LogP contribution < -0.4 is 10.6 Å². The van der Waals surface area contributed by atoms with Crippen molar-refractivity contribution in [2.45, 2.75) is 59.2 Å². The first kappa shape index (κ1) is 20.8. The number of nitrogens with zero attached hydrogens (tertiary/aromatic N) is 1. The van der Waals surface area contributed by atoms with Crippen LogP contribution in [-0.4, -0.2) is 35.1 Å². The molecule has 0 saturated carbocycles. The van der Waals surface area contributed by atoms with E-state index < -0.39 is 23.4 Å². The van der Waals surface area contributed by atoms with Crippen molar-refractivity contribution >= 4 is 23.6 Å². The van der Waals surface area contributed by atoms with Crippen molar-refractivity contribution in [3.63, 3.8) is 0 Å². The molecule has 140 valence electrons. The van der Waals surface area contributed by atoms with Gasteiger partial charge in [0, 0.05) is 12.3 Å². The minimum atomic E-state index is -0.869. The van der Waals surface area contributed by atoms with E-state index in [9.17, 15) is 14.7 Å². The minimum absolute atomic E-state index is 0.145. The second kappa shape index (κ2) is 7.74. The standard InChI is InChI=1S/C18H28N2O5/c1-17(2,3)24-15(22)20(16(23)25-18(4,5)6)14-11-13(19)8-7-12(14)9-10-21/h7-8,11,21H,9-10,19H2,1-6H3. The van der Waals surface area contributed by atoms with E-state index in [0.29, 0.717) is 11.3 Å². The quantitative estimate of drug-likeness (QED) is 0.808. The number of nitrogens with two attached hydrogens (primary N) is 1. The predicted molar refractivity (Wildman–Crippen MR) is 96.6 cm³/mol. The second-order valence-electron chi connectivity index (χ2n) is 7.66. The molecule has 0 atom stereocenters. The fraction of sp³-hybridized carbons (Fsp3) is 0.556. The van der Waals surface area contributed by atoms with Gasteiger partial charge in [0.15, 0.2) is 0 Å². The molecule has 0 spiro atoms. The van der Waals surface area contributed by atoms with Crippen LogP contribution in [0.25, 0.3) is 0 Å². The summed E-state index contributed by atoms with van der Waals surface area (Å²) in [4.78, 5) is 26.1. The van der Waals surface area contributed by atoms with Crippen LogP contribution in [0.5, 0.6) is 0 Å². The molecule has 0 aliphatic carbocycles. The van der Waals surface area contributed by atoms with Gasteiger partial charge in [-0.15, -0.1) is 0 Å². The number of benzene rings is 1. The van der Waals surface area contributed by atoms with E-state index in [1.165, 1.54) is 6.07 Å². The molecular formula is C18H28N2O5. The molecule has 1 aromatic rings. The Kier molecular flexibility index (Phi) is 6.42. The van der Waals surface area contributed by atoms with Gasteiger partial charge in [-0.2, -0.15) is 4.90 Å². The first-order chi connectivity index (χ1) is 11.3. The summed E-state index contributed by atoms with van der Waals surface area (Å²) in [6, 6.07) is 4.78. The molecule has 0 heterocycles. The Hall–Kier alpha value is -2.28. The lowest BCUT2D eigenvalue weighted by atomic mass is 10.1. The Bertz CT molecular complexity index is 601. The molecule has 0 aliphatic rings. The lowest BCUT2D eigenvalue weighted by Crippen LogP contribution is -2.44. The summed E-state index contributed by atoms with van der Waals surface area (Å²) in [5.41, 5.74) is 5.41. The predicted octanol–water partition coefficient (Wildman–Crippen LogP) is 3.48. The van der Waals surface area contributed by atoms with Crippen molar-refractivity contribution in [3.8, 4) is 0 Å². The van der Waals surface area contributed by atoms with Crippen LogP contribution in [0.1, 0.15) is 47.1 Å². The van der Waals surface area contributed by atoms with Crippen molar-refractivity contribution in [1.82, 2.24) is 0 Å². The van der Waals surface area contributed by atoms with E-state index in [-0.39, 0.29) is 18.7 Å². The first-order valence-corrected chi connectivity index (χ1v) is 8.09. The number of rotatable bonds is 3. The number of imide groups is 1. The highest BCUT2D eigenvalue weighted by atomic mass is 16.6. The van der Waals surface area contributed by atoms with Crippen LogP contribution in [0.3, 0.4) is 0 Å². The van der Waals surface area contributed by atoms with Gasteiger partial charge >= 0.3 is 12.2 Å². The van der Waals surface area contributed by atoms with Gasteiger partial charge < -0.3 is 20.3 Å². The smallest absolute Gasteiger partial charge is 0.424 e. The number of hydrogen-bond donors (Lipinski definition) is 2. The number of carbonyl (C=O) groups is 2. The highest BCUT2D eigenvalue weighted by Crippen LogP contribution is 2.28. The minimum Gasteiger partial charge on any atom is -0.443 e. The molecule has 0 unspecified atom stereocenters. The summed E-state index contributed by atoms with van der Waals surface area (Å²) >= 11 is 0. The van der Waals surface area contributed by atoms with Crippen LogP contribution in [0.4, 0.5) is 21.0 Å². The van der Waals surface area contributed by atoms with E-state index in [1.807, 2.05) is 0 Å². The normalized spacial score (nSPS) is 11.8. The molecule has 3 N–H and O–H groups in total. The molecule has 0 bridgehead atoms. The topological polar surface area (TPSA) is 102 Å². The Labute approximate surface area is 148 Å². The SMILES string of the molecule is CC(C)(C)OC(=O)N(C(=O)OC(C)(C)C)c1cc(N)ccc1CCO. The molecule has 7 nitrogen and oxygen atoms in total. The molecule has 25 heavy (non-hydrogen) atoms. The summed E-state index contributed by atoms with van der Waals surface area (Å²) in [5.74, 6) is 0. The Morgan fingerprint density at radius 1 is 1.04 bits per heavy atom. The monoisotopic (exact) mass is 352 g/mol. The Balaban J connectivity index is 3.38. The molecule has 0 radical (unpaired) electrons. The van der Waals surface area contributed by atoms with E-state index in [2.05, 4.69) is 0 Å². The van der Waals surface area contributed by atoms with Gasteiger partial charge in [0.05, 0.1) is 5.69 Å². The van der Waals surface area contributed by atoms with Gasteiger partial charge in [-0.05, 0) is 65.7 Å². The third kappa shape index (κ3) is 6.62. The van der Waals surface area contributed by atoms with Gasteiger partial charge in [0.2, 0.25) is 0 Å². The Morgan fingerprint density at radius 3 is 1.92 bits per heavy atom. The van der Waals surface area contributed by atoms with Crippen LogP contribution in [-0.2, 0) is 15.9 Å². The van der Waals surface area contributed by atoms with E-state index in [4.69, 9.17) is 15.2 Å². The molecule has 0 fully saturated rings. The number of anilines is 2. The molecule has 2 amide bonds. The maximum Gasteiger partial charge on any atom is 0.424 e. The average Bonchev–Trinajstić information content (AvgIpc) is 2.37. The van der Waals surface area contributed by atoms with Crippen molar-refractivity contribution in [3.05, 3.63) is 23.8 Å². The zero-order valence-electron chi connectivity index (χ0n) is 15.8. The summed E-state index contributed by atoms with van der Waals surface area (Å²) in [6.45, 7) is 10.1. The molecule has 7 heteroatoms. The van der Waals surface area contributed by atoms with Crippen LogP contribution in [0.2, 0.25) is 0 Å². The third-order valence-electron chi connectivity index (χ3n) is 2.88. The maximum absolute atomic E-state index is 12.7. The Morgan fingerprint density at radius 2 is 1.52 bits per heavy atom. The zero-order valence-corrected chi connectivity index (χ0v) is 15.8. The van der Waals surface area contributed by atoms with Crippen molar-refractivity contribution in [1.29, 1.82) is 0 Å². The van der Waals surface area contributed by atoms with E-state index >= 15 is 0 Å². The lowest BCUT2D eigenvalue weighted by molar-refractivity contribution is 0.0430. The number of aliphatic hydroxyl groups is 1. The molecule has 1 rings (SSSR count). The number of aliphatic hydroxyl groups excluding tert-OH is 1. The third-order valence-corrected chi connectivity index (χ3v) is 2.88. The fourth-order valence-corrected chi connectivity index (χ4v) is 2.01. The number of ether oxygens (including phenoxy) is 2. The van der Waals surface area contributed by atoms with Crippen molar-refractivity contribution in [2.75, 3.05) is 17.2 Å². The number of hydrogen-bond acceptors (Lipinski definition) is 6. The maximum atomic E-state index is 12.7. The molecule has 1 aromatic carbocycles. The van der Waals surface area contributed by atoms with E-state index in [1.54, 1.807) is 53.7 Å². The number of amides is 2. The van der Waals surface area contributed by atoms with Gasteiger partial charge in [0.25, 0.3) is 0 Å². The van der Waals surface area contributed by atoms with Gasteiger partial charge in [-0.25, -0.2) is 9.59 Å². The first-order valence-electron chi connectivity index (χ1n) is 8.09. The van der Waals surface area contributed by atoms with Gasteiger partial charge in [-0.3, -0.25) is 0 Å². The zero-order chi connectivity index (χ0) is 19.4. The molecule has 0 saturated heterocycles. The van der Waals surface area contributed by atoms with Crippen LogP contribution >= 0.6 is 0 Å². The number of nitrogen functional groups attached to an aromatic ring is 1. The summed E-state index contributed by atoms with van der Waals surface area (Å²) < 4.78 is 10.7. The lowest BCUT2D eigenvalue weighted by Gasteiger charge is -2.29. The van der Waals surface area contributed by atoms with Crippen molar-refractivity contribution in [2.24, 2.45) is 0 Å². The largest absolute Gasteiger partial charge is 0.443 e. The van der Waals surface area contributed by atoms with E-state index in [0.717, 1.165) is 4.90 Å². The summed E-state index contributed by atoms with van der Waals surface area (Å²) in [5, 5.41) is 9.26. The summed E-state index contributed by atoms with van der Waals surface area (Å²) in [6.07, 6.45) is -1.49. The van der Waals surface area contributed by atoms with Crippen LogP contribution in [0.15, 0.2) is 18.2 Å². The van der Waals surface area contributed by atoms with Crippen LogP contribution in [0, 0.1) is 0 Å². The number of carbonyl (C=O) groups excluding carboxylic acids is 2.